The van der Waals surface area contributed by atoms with E-state index in [2.05, 4.69) is 4.74 Å². The number of methoxy groups -OCH3 is 1. The van der Waals surface area contributed by atoms with Gasteiger partial charge in [0.25, 0.3) is 0 Å². The van der Waals surface area contributed by atoms with E-state index in [1.165, 1.54) is 7.11 Å². The number of esters is 1. The van der Waals surface area contributed by atoms with Crippen LogP contribution < -0.4 is 14.2 Å². The third-order valence-electron chi connectivity index (χ3n) is 3.71. The SMILES string of the molecule is CCOc1ccc(/C=C2\Oc3cc(OCC(=O)OC)ccc3C2=O)cc1. The van der Waals surface area contributed by atoms with Gasteiger partial charge in [0.05, 0.1) is 19.3 Å². The average molecular weight is 354 g/mol. The van der Waals surface area contributed by atoms with Crippen LogP contribution >= 0.6 is 0 Å². The molecule has 26 heavy (non-hydrogen) atoms. The molecule has 0 saturated heterocycles. The zero-order valence-electron chi connectivity index (χ0n) is 14.5. The van der Waals surface area contributed by atoms with Crippen LogP contribution in [0.2, 0.25) is 0 Å². The van der Waals surface area contributed by atoms with Crippen molar-refractivity contribution in [2.45, 2.75) is 6.92 Å². The number of carbonyl (C=O) groups is 2. The monoisotopic (exact) mass is 354 g/mol. The van der Waals surface area contributed by atoms with E-state index in [0.717, 1.165) is 11.3 Å². The van der Waals surface area contributed by atoms with Crippen LogP contribution in [0.4, 0.5) is 0 Å². The first-order valence-electron chi connectivity index (χ1n) is 8.11. The summed E-state index contributed by atoms with van der Waals surface area (Å²) in [5.74, 6) is 1.13. The molecule has 0 radical (unpaired) electrons. The molecule has 0 N–H and O–H groups in total. The van der Waals surface area contributed by atoms with Crippen molar-refractivity contribution < 1.29 is 28.5 Å². The molecule has 0 unspecified atom stereocenters. The van der Waals surface area contributed by atoms with Gasteiger partial charge in [0.15, 0.2) is 12.4 Å². The van der Waals surface area contributed by atoms with Crippen molar-refractivity contribution in [3.63, 3.8) is 0 Å². The Balaban J connectivity index is 1.75. The van der Waals surface area contributed by atoms with Gasteiger partial charge >= 0.3 is 5.97 Å². The van der Waals surface area contributed by atoms with Crippen LogP contribution in [0, 0.1) is 0 Å². The topological polar surface area (TPSA) is 71.1 Å². The predicted octanol–water partition coefficient (Wildman–Crippen LogP) is 3.25. The molecule has 2 aromatic carbocycles. The molecule has 0 spiro atoms. The van der Waals surface area contributed by atoms with Crippen LogP contribution in [-0.2, 0) is 9.53 Å². The number of hydrogen-bond donors (Lipinski definition) is 0. The van der Waals surface area contributed by atoms with Gasteiger partial charge in [-0.05, 0) is 42.8 Å². The van der Waals surface area contributed by atoms with Gasteiger partial charge in [-0.15, -0.1) is 0 Å². The Kier molecular flexibility index (Phi) is 5.22. The molecule has 0 aliphatic carbocycles. The van der Waals surface area contributed by atoms with Crippen molar-refractivity contribution in [3.8, 4) is 17.2 Å². The third-order valence-corrected chi connectivity index (χ3v) is 3.71. The van der Waals surface area contributed by atoms with Gasteiger partial charge < -0.3 is 18.9 Å². The van der Waals surface area contributed by atoms with E-state index in [1.807, 2.05) is 31.2 Å². The molecule has 0 amide bonds. The molecule has 6 heteroatoms. The lowest BCUT2D eigenvalue weighted by molar-refractivity contribution is -0.142. The Morgan fingerprint density at radius 1 is 1.08 bits per heavy atom. The van der Waals surface area contributed by atoms with E-state index in [-0.39, 0.29) is 18.1 Å². The maximum atomic E-state index is 12.5. The molecule has 3 rings (SSSR count). The Labute approximate surface area is 150 Å². The second kappa shape index (κ2) is 7.74. The largest absolute Gasteiger partial charge is 0.494 e. The number of carbonyl (C=O) groups excluding carboxylic acids is 2. The van der Waals surface area contributed by atoms with E-state index < -0.39 is 5.97 Å². The summed E-state index contributed by atoms with van der Waals surface area (Å²) < 4.78 is 20.9. The summed E-state index contributed by atoms with van der Waals surface area (Å²) in [6.45, 7) is 2.30. The Morgan fingerprint density at radius 3 is 2.50 bits per heavy atom. The summed E-state index contributed by atoms with van der Waals surface area (Å²) in [7, 11) is 1.29. The van der Waals surface area contributed by atoms with Crippen LogP contribution in [0.3, 0.4) is 0 Å². The fourth-order valence-corrected chi connectivity index (χ4v) is 2.44. The minimum atomic E-state index is -0.487. The second-order valence-electron chi connectivity index (χ2n) is 5.46. The zero-order chi connectivity index (χ0) is 18.5. The Morgan fingerprint density at radius 2 is 1.81 bits per heavy atom. The number of hydrogen-bond acceptors (Lipinski definition) is 6. The predicted molar refractivity (Wildman–Crippen MR) is 94.5 cm³/mol. The lowest BCUT2D eigenvalue weighted by Gasteiger charge is -2.05. The average Bonchev–Trinajstić information content (AvgIpc) is 2.96. The van der Waals surface area contributed by atoms with Crippen molar-refractivity contribution in [1.29, 1.82) is 0 Å². The minimum Gasteiger partial charge on any atom is -0.494 e. The van der Waals surface area contributed by atoms with Crippen LogP contribution in [0.5, 0.6) is 17.2 Å². The maximum Gasteiger partial charge on any atom is 0.343 e. The third kappa shape index (κ3) is 3.85. The first-order chi connectivity index (χ1) is 12.6. The molecule has 6 nitrogen and oxygen atoms in total. The summed E-state index contributed by atoms with van der Waals surface area (Å²) in [4.78, 5) is 23.6. The van der Waals surface area contributed by atoms with Gasteiger partial charge in [-0.2, -0.15) is 0 Å². The number of fused-ring (bicyclic) bond motifs is 1. The van der Waals surface area contributed by atoms with Gasteiger partial charge in [-0.1, -0.05) is 12.1 Å². The molecule has 2 aromatic rings. The fourth-order valence-electron chi connectivity index (χ4n) is 2.44. The van der Waals surface area contributed by atoms with Gasteiger partial charge in [0, 0.05) is 6.07 Å². The molecule has 0 fully saturated rings. The summed E-state index contributed by atoms with van der Waals surface area (Å²) in [5, 5.41) is 0. The van der Waals surface area contributed by atoms with Crippen LogP contribution in [0.1, 0.15) is 22.8 Å². The zero-order valence-corrected chi connectivity index (χ0v) is 14.5. The van der Waals surface area contributed by atoms with Gasteiger partial charge in [0.1, 0.15) is 17.2 Å². The smallest absolute Gasteiger partial charge is 0.343 e. The normalized spacial score (nSPS) is 13.9. The fraction of sp³-hybridized carbons (Fsp3) is 0.200. The van der Waals surface area contributed by atoms with Crippen molar-refractivity contribution in [2.24, 2.45) is 0 Å². The maximum absolute atomic E-state index is 12.5. The van der Waals surface area contributed by atoms with Crippen molar-refractivity contribution >= 4 is 17.8 Å². The number of Topliss-reactive ketones (excluding diaryl/α,β-unsaturated/α-hetero) is 1. The number of benzene rings is 2. The van der Waals surface area contributed by atoms with Gasteiger partial charge in [0.2, 0.25) is 5.78 Å². The first-order valence-corrected chi connectivity index (χ1v) is 8.11. The molecule has 0 aromatic heterocycles. The molecular weight excluding hydrogens is 336 g/mol. The molecule has 1 heterocycles. The van der Waals surface area contributed by atoms with Gasteiger partial charge in [-0.25, -0.2) is 4.79 Å². The molecule has 134 valence electrons. The Hall–Kier alpha value is -3.28. The number of allylic oxidation sites excluding steroid dienone is 1. The highest BCUT2D eigenvalue weighted by atomic mass is 16.6. The van der Waals surface area contributed by atoms with Crippen LogP contribution in [0.25, 0.3) is 6.08 Å². The molecule has 0 saturated carbocycles. The summed E-state index contributed by atoms with van der Waals surface area (Å²) in [6, 6.07) is 12.2. The summed E-state index contributed by atoms with van der Waals surface area (Å²) in [5.41, 5.74) is 1.28. The second-order valence-corrected chi connectivity index (χ2v) is 5.46. The number of ether oxygens (including phenoxy) is 4. The molecular formula is C20H18O6. The minimum absolute atomic E-state index is 0.201. The highest BCUT2D eigenvalue weighted by molar-refractivity contribution is 6.14. The van der Waals surface area contributed by atoms with Crippen molar-refractivity contribution in [1.82, 2.24) is 0 Å². The summed E-state index contributed by atoms with van der Waals surface area (Å²) in [6.07, 6.45) is 1.67. The van der Waals surface area contributed by atoms with E-state index in [4.69, 9.17) is 14.2 Å². The number of rotatable bonds is 6. The molecule has 0 atom stereocenters. The standard InChI is InChI=1S/C20H18O6/c1-3-24-14-6-4-13(5-7-14)10-18-20(22)16-9-8-15(11-17(16)26-18)25-12-19(21)23-2/h4-11H,3,12H2,1-2H3/b18-10-. The van der Waals surface area contributed by atoms with Crippen LogP contribution in [0.15, 0.2) is 48.2 Å². The van der Waals surface area contributed by atoms with Gasteiger partial charge in [-0.3, -0.25) is 4.79 Å². The Bertz CT molecular complexity index is 851. The van der Waals surface area contributed by atoms with Crippen molar-refractivity contribution in [3.05, 3.63) is 59.4 Å². The van der Waals surface area contributed by atoms with E-state index >= 15 is 0 Å². The highest BCUT2D eigenvalue weighted by Crippen LogP contribution is 2.35. The first kappa shape index (κ1) is 17.5. The number of ketones is 1. The van der Waals surface area contributed by atoms with Crippen molar-refractivity contribution in [2.75, 3.05) is 20.3 Å². The lowest BCUT2D eigenvalue weighted by Crippen LogP contribution is -2.12. The summed E-state index contributed by atoms with van der Waals surface area (Å²) >= 11 is 0. The lowest BCUT2D eigenvalue weighted by atomic mass is 10.1. The molecule has 1 aliphatic heterocycles. The molecule has 1 aliphatic rings. The van der Waals surface area contributed by atoms with E-state index in [1.54, 1.807) is 24.3 Å². The molecule has 0 bridgehead atoms. The quantitative estimate of drug-likeness (QED) is 0.586. The van der Waals surface area contributed by atoms with E-state index in [9.17, 15) is 9.59 Å². The highest BCUT2D eigenvalue weighted by Gasteiger charge is 2.27. The van der Waals surface area contributed by atoms with E-state index in [0.29, 0.717) is 23.7 Å². The van der Waals surface area contributed by atoms with Crippen LogP contribution in [-0.4, -0.2) is 32.1 Å².